The molecule has 18 heavy (non-hydrogen) atoms. The molecule has 0 aliphatic heterocycles. The standard InChI is InChI=1S/C15H14O2S/c1-3-10-7-8-15(18-10)14-9-11-12(16-2)5-4-6-13(11)17-14/h4-9H,3H2,1-2H3. The Morgan fingerprint density at radius 2 is 2.11 bits per heavy atom. The number of ether oxygens (including phenoxy) is 1. The van der Waals surface area contributed by atoms with E-state index in [0.717, 1.165) is 28.9 Å². The third kappa shape index (κ3) is 1.81. The van der Waals surface area contributed by atoms with Crippen molar-refractivity contribution in [1.82, 2.24) is 0 Å². The Morgan fingerprint density at radius 1 is 1.22 bits per heavy atom. The zero-order chi connectivity index (χ0) is 12.5. The highest BCUT2D eigenvalue weighted by Crippen LogP contribution is 2.36. The topological polar surface area (TPSA) is 22.4 Å². The van der Waals surface area contributed by atoms with Crippen LogP contribution < -0.4 is 4.74 Å². The molecule has 0 aliphatic carbocycles. The summed E-state index contributed by atoms with van der Waals surface area (Å²) in [5.41, 5.74) is 0.871. The van der Waals surface area contributed by atoms with Crippen molar-refractivity contribution >= 4 is 22.3 Å². The van der Waals surface area contributed by atoms with Gasteiger partial charge in [-0.25, -0.2) is 0 Å². The van der Waals surface area contributed by atoms with Crippen molar-refractivity contribution in [2.24, 2.45) is 0 Å². The maximum absolute atomic E-state index is 5.88. The first-order chi connectivity index (χ1) is 8.81. The van der Waals surface area contributed by atoms with Gasteiger partial charge in [0.15, 0.2) is 0 Å². The van der Waals surface area contributed by atoms with Gasteiger partial charge in [0.05, 0.1) is 17.4 Å². The molecule has 0 spiro atoms. The molecular weight excluding hydrogens is 244 g/mol. The maximum atomic E-state index is 5.88. The van der Waals surface area contributed by atoms with E-state index in [4.69, 9.17) is 9.15 Å². The highest BCUT2D eigenvalue weighted by Gasteiger charge is 2.11. The molecule has 0 radical (unpaired) electrons. The number of furan rings is 1. The molecule has 0 amide bonds. The first-order valence-electron chi connectivity index (χ1n) is 5.97. The molecule has 0 aliphatic rings. The molecule has 92 valence electrons. The number of fused-ring (bicyclic) bond motifs is 1. The van der Waals surface area contributed by atoms with Gasteiger partial charge in [-0.2, -0.15) is 0 Å². The van der Waals surface area contributed by atoms with Crippen LogP contribution in [0.1, 0.15) is 11.8 Å². The minimum atomic E-state index is 0.856. The Morgan fingerprint density at radius 3 is 2.83 bits per heavy atom. The Hall–Kier alpha value is -1.74. The summed E-state index contributed by atoms with van der Waals surface area (Å²) in [4.78, 5) is 2.54. The Balaban J connectivity index is 2.13. The third-order valence-corrected chi connectivity index (χ3v) is 4.24. The van der Waals surface area contributed by atoms with E-state index in [2.05, 4.69) is 25.1 Å². The van der Waals surface area contributed by atoms with Gasteiger partial charge in [-0.1, -0.05) is 13.0 Å². The summed E-state index contributed by atoms with van der Waals surface area (Å²) in [5, 5.41) is 1.03. The number of hydrogen-bond acceptors (Lipinski definition) is 3. The molecule has 0 N–H and O–H groups in total. The van der Waals surface area contributed by atoms with Crippen LogP contribution in [0.4, 0.5) is 0 Å². The molecule has 2 nitrogen and oxygen atoms in total. The van der Waals surface area contributed by atoms with Gasteiger partial charge >= 0.3 is 0 Å². The molecule has 0 atom stereocenters. The van der Waals surface area contributed by atoms with Crippen LogP contribution in [0.5, 0.6) is 5.75 Å². The maximum Gasteiger partial charge on any atom is 0.145 e. The highest BCUT2D eigenvalue weighted by molar-refractivity contribution is 7.15. The summed E-state index contributed by atoms with van der Waals surface area (Å²) in [6.07, 6.45) is 1.06. The van der Waals surface area contributed by atoms with Gasteiger partial charge in [0.25, 0.3) is 0 Å². The molecule has 3 aromatic rings. The lowest BCUT2D eigenvalue weighted by Gasteiger charge is -1.98. The predicted molar refractivity (Wildman–Crippen MR) is 75.5 cm³/mol. The van der Waals surface area contributed by atoms with Crippen LogP contribution in [0.25, 0.3) is 21.6 Å². The second-order valence-electron chi connectivity index (χ2n) is 4.10. The molecule has 0 fully saturated rings. The van der Waals surface area contributed by atoms with E-state index in [-0.39, 0.29) is 0 Å². The van der Waals surface area contributed by atoms with Crippen molar-refractivity contribution in [3.63, 3.8) is 0 Å². The summed E-state index contributed by atoms with van der Waals surface area (Å²) in [6, 6.07) is 12.2. The van der Waals surface area contributed by atoms with Gasteiger partial charge < -0.3 is 9.15 Å². The monoisotopic (exact) mass is 258 g/mol. The van der Waals surface area contributed by atoms with E-state index in [9.17, 15) is 0 Å². The van der Waals surface area contributed by atoms with Crippen LogP contribution in [0.3, 0.4) is 0 Å². The molecule has 1 aromatic carbocycles. The second kappa shape index (κ2) is 4.50. The van der Waals surface area contributed by atoms with Crippen LogP contribution in [-0.2, 0) is 6.42 Å². The van der Waals surface area contributed by atoms with Gasteiger partial charge in [0, 0.05) is 4.88 Å². The van der Waals surface area contributed by atoms with Crippen molar-refractivity contribution < 1.29 is 9.15 Å². The minimum absolute atomic E-state index is 0.856. The predicted octanol–water partition coefficient (Wildman–Crippen LogP) is 4.73. The third-order valence-electron chi connectivity index (χ3n) is 2.99. The van der Waals surface area contributed by atoms with E-state index < -0.39 is 0 Å². The van der Waals surface area contributed by atoms with E-state index in [1.54, 1.807) is 18.4 Å². The quantitative estimate of drug-likeness (QED) is 0.677. The van der Waals surface area contributed by atoms with Gasteiger partial charge in [-0.05, 0) is 36.8 Å². The Bertz CT molecular complexity index is 679. The number of benzene rings is 1. The fourth-order valence-corrected chi connectivity index (χ4v) is 2.93. The lowest BCUT2D eigenvalue weighted by Crippen LogP contribution is -1.81. The average Bonchev–Trinajstić information content (AvgIpc) is 3.03. The average molecular weight is 258 g/mol. The molecule has 2 aromatic heterocycles. The molecule has 3 rings (SSSR count). The summed E-state index contributed by atoms with van der Waals surface area (Å²) >= 11 is 1.78. The fraction of sp³-hybridized carbons (Fsp3) is 0.200. The van der Waals surface area contributed by atoms with E-state index in [1.165, 1.54) is 9.75 Å². The smallest absolute Gasteiger partial charge is 0.145 e. The molecule has 0 unspecified atom stereocenters. The summed E-state index contributed by atoms with van der Waals surface area (Å²) in [6.45, 7) is 2.16. The van der Waals surface area contributed by atoms with Crippen LogP contribution in [0, 0.1) is 0 Å². The number of hydrogen-bond donors (Lipinski definition) is 0. The minimum Gasteiger partial charge on any atom is -0.496 e. The van der Waals surface area contributed by atoms with Crippen molar-refractivity contribution in [3.8, 4) is 16.4 Å². The van der Waals surface area contributed by atoms with E-state index in [0.29, 0.717) is 0 Å². The van der Waals surface area contributed by atoms with Crippen LogP contribution in [0.15, 0.2) is 40.8 Å². The first-order valence-corrected chi connectivity index (χ1v) is 6.79. The van der Waals surface area contributed by atoms with Crippen molar-refractivity contribution in [2.45, 2.75) is 13.3 Å². The lowest BCUT2D eigenvalue weighted by molar-refractivity contribution is 0.419. The zero-order valence-corrected chi connectivity index (χ0v) is 11.2. The van der Waals surface area contributed by atoms with Crippen molar-refractivity contribution in [1.29, 1.82) is 0 Å². The number of aryl methyl sites for hydroxylation is 1. The molecule has 2 heterocycles. The number of methoxy groups -OCH3 is 1. The Labute approximate surface area is 110 Å². The summed E-state index contributed by atoms with van der Waals surface area (Å²) in [5.74, 6) is 1.77. The van der Waals surface area contributed by atoms with Crippen LogP contribution in [-0.4, -0.2) is 7.11 Å². The molecular formula is C15H14O2S. The Kier molecular flexibility index (Phi) is 2.84. The lowest BCUT2D eigenvalue weighted by atomic mass is 10.2. The van der Waals surface area contributed by atoms with Gasteiger partial charge in [0.1, 0.15) is 17.1 Å². The first kappa shape index (κ1) is 11.4. The van der Waals surface area contributed by atoms with Crippen molar-refractivity contribution in [3.05, 3.63) is 41.3 Å². The van der Waals surface area contributed by atoms with Crippen LogP contribution >= 0.6 is 11.3 Å². The second-order valence-corrected chi connectivity index (χ2v) is 5.27. The van der Waals surface area contributed by atoms with E-state index >= 15 is 0 Å². The molecule has 3 heteroatoms. The highest BCUT2D eigenvalue weighted by atomic mass is 32.1. The van der Waals surface area contributed by atoms with Crippen molar-refractivity contribution in [2.75, 3.05) is 7.11 Å². The van der Waals surface area contributed by atoms with E-state index in [1.807, 2.05) is 18.2 Å². The molecule has 0 saturated heterocycles. The molecule has 0 saturated carbocycles. The summed E-state index contributed by atoms with van der Waals surface area (Å²) < 4.78 is 11.2. The van der Waals surface area contributed by atoms with Gasteiger partial charge in [0.2, 0.25) is 0 Å². The summed E-state index contributed by atoms with van der Waals surface area (Å²) in [7, 11) is 1.68. The zero-order valence-electron chi connectivity index (χ0n) is 10.4. The number of rotatable bonds is 3. The largest absolute Gasteiger partial charge is 0.496 e. The molecule has 0 bridgehead atoms. The SMILES string of the molecule is CCc1ccc(-c2cc3c(OC)cccc3o2)s1. The van der Waals surface area contributed by atoms with Gasteiger partial charge in [-0.3, -0.25) is 0 Å². The normalized spacial score (nSPS) is 11.0. The van der Waals surface area contributed by atoms with Crippen LogP contribution in [0.2, 0.25) is 0 Å². The van der Waals surface area contributed by atoms with Gasteiger partial charge in [-0.15, -0.1) is 11.3 Å². The fourth-order valence-electron chi connectivity index (χ4n) is 2.03. The number of thiophene rings is 1.